The summed E-state index contributed by atoms with van der Waals surface area (Å²) in [7, 11) is 0. The molecule has 1 aliphatic carbocycles. The van der Waals surface area contributed by atoms with Crippen LogP contribution < -0.4 is 0 Å². The van der Waals surface area contributed by atoms with Crippen molar-refractivity contribution >= 4 is 12.0 Å². The Hall–Kier alpha value is -1.25. The average molecular weight is 208 g/mol. The van der Waals surface area contributed by atoms with Gasteiger partial charge < -0.3 is 10.3 Å². The molecular weight excluding hydrogens is 192 g/mol. The van der Waals surface area contributed by atoms with E-state index in [1.165, 1.54) is 24.8 Å². The third kappa shape index (κ3) is 5.25. The van der Waals surface area contributed by atoms with Gasteiger partial charge in [-0.25, -0.2) is 0 Å². The quantitative estimate of drug-likeness (QED) is 0.227. The van der Waals surface area contributed by atoms with Gasteiger partial charge in [0.05, 0.1) is 6.61 Å². The van der Waals surface area contributed by atoms with Crippen LogP contribution in [-0.4, -0.2) is 30.0 Å². The van der Waals surface area contributed by atoms with Crippen molar-refractivity contribution in [2.24, 2.45) is 0 Å². The molecule has 4 nitrogen and oxygen atoms in total. The molecule has 1 rings (SSSR count). The molecule has 15 heavy (non-hydrogen) atoms. The van der Waals surface area contributed by atoms with Crippen molar-refractivity contribution in [2.75, 3.05) is 13.2 Å². The first kappa shape index (κ1) is 11.8. The highest BCUT2D eigenvalue weighted by atomic mass is 16.5. The largest absolute Gasteiger partial charge is 0.369 e. The van der Waals surface area contributed by atoms with Gasteiger partial charge in [0.1, 0.15) is 6.61 Å². The monoisotopic (exact) mass is 208 g/mol. The second kappa shape index (κ2) is 7.10. The lowest BCUT2D eigenvalue weighted by Crippen LogP contribution is -2.10. The van der Waals surface area contributed by atoms with Crippen LogP contribution in [0.5, 0.6) is 0 Å². The number of ketones is 1. The lowest BCUT2D eigenvalue weighted by atomic mass is 9.95. The minimum absolute atomic E-state index is 0.0200. The van der Waals surface area contributed by atoms with Gasteiger partial charge in [-0.1, -0.05) is 18.1 Å². The second-order valence-corrected chi connectivity index (χ2v) is 3.65. The number of hydrogen-bond acceptors (Lipinski definition) is 2. The summed E-state index contributed by atoms with van der Waals surface area (Å²) in [6.07, 6.45) is 9.09. The van der Waals surface area contributed by atoms with Crippen LogP contribution in [0, 0.1) is 0 Å². The van der Waals surface area contributed by atoms with Crippen LogP contribution in [0.25, 0.3) is 5.53 Å². The Labute approximate surface area is 89.6 Å². The highest BCUT2D eigenvalue weighted by molar-refractivity contribution is 6.25. The second-order valence-electron chi connectivity index (χ2n) is 3.65. The molecule has 0 radical (unpaired) electrons. The Balaban J connectivity index is 2.14. The van der Waals surface area contributed by atoms with Crippen molar-refractivity contribution in [3.8, 4) is 0 Å². The van der Waals surface area contributed by atoms with Gasteiger partial charge in [-0.3, -0.25) is 4.79 Å². The van der Waals surface area contributed by atoms with Crippen molar-refractivity contribution in [3.05, 3.63) is 17.2 Å². The average Bonchev–Trinajstić information content (AvgIpc) is 2.26. The van der Waals surface area contributed by atoms with Crippen LogP contribution in [0.1, 0.15) is 32.1 Å². The van der Waals surface area contributed by atoms with Gasteiger partial charge in [-0.15, -0.1) is 0 Å². The number of rotatable bonds is 5. The molecule has 0 heterocycles. The highest BCUT2D eigenvalue weighted by Gasteiger charge is 2.05. The van der Waals surface area contributed by atoms with E-state index < -0.39 is 0 Å². The lowest BCUT2D eigenvalue weighted by molar-refractivity contribution is -0.119. The maximum absolute atomic E-state index is 10.8. The molecule has 82 valence electrons. The van der Waals surface area contributed by atoms with Crippen molar-refractivity contribution in [3.63, 3.8) is 0 Å². The summed E-state index contributed by atoms with van der Waals surface area (Å²) in [5.41, 5.74) is 9.51. The van der Waals surface area contributed by atoms with Crippen LogP contribution in [0.2, 0.25) is 0 Å². The van der Waals surface area contributed by atoms with Crippen LogP contribution in [0.4, 0.5) is 0 Å². The summed E-state index contributed by atoms with van der Waals surface area (Å²) in [5.74, 6) is -0.320. The SMILES string of the molecule is [N-]=[N+]=CC(=O)COCC=C1CCCCC1. The van der Waals surface area contributed by atoms with E-state index in [2.05, 4.69) is 10.9 Å². The van der Waals surface area contributed by atoms with Gasteiger partial charge in [-0.05, 0) is 25.7 Å². The minimum Gasteiger partial charge on any atom is -0.369 e. The van der Waals surface area contributed by atoms with E-state index in [9.17, 15) is 4.79 Å². The molecule has 0 aromatic heterocycles. The van der Waals surface area contributed by atoms with Crippen molar-refractivity contribution in [1.29, 1.82) is 0 Å². The lowest BCUT2D eigenvalue weighted by Gasteiger charge is -2.13. The van der Waals surface area contributed by atoms with Gasteiger partial charge in [0, 0.05) is 0 Å². The standard InChI is InChI=1S/C11H16N2O2/c12-13-8-11(14)9-15-7-6-10-4-2-1-3-5-10/h6,8H,1-5,7,9H2. The summed E-state index contributed by atoms with van der Waals surface area (Å²) in [6.45, 7) is 0.453. The predicted molar refractivity (Wildman–Crippen MR) is 56.7 cm³/mol. The fourth-order valence-electron chi connectivity index (χ4n) is 1.65. The van der Waals surface area contributed by atoms with E-state index in [0.717, 1.165) is 19.1 Å². The van der Waals surface area contributed by atoms with Crippen LogP contribution in [0.3, 0.4) is 0 Å². The first-order chi connectivity index (χ1) is 7.33. The molecule has 0 aromatic carbocycles. The third-order valence-electron chi connectivity index (χ3n) is 2.43. The Bertz CT molecular complexity index is 283. The molecule has 0 atom stereocenters. The van der Waals surface area contributed by atoms with E-state index in [4.69, 9.17) is 10.3 Å². The molecular formula is C11H16N2O2. The molecule has 0 amide bonds. The van der Waals surface area contributed by atoms with E-state index in [0.29, 0.717) is 6.61 Å². The van der Waals surface area contributed by atoms with Gasteiger partial charge in [0.25, 0.3) is 5.78 Å². The van der Waals surface area contributed by atoms with Gasteiger partial charge in [-0.2, -0.15) is 4.79 Å². The number of Topliss-reactive ketones (excluding diaryl/α,β-unsaturated/α-hetero) is 1. The van der Waals surface area contributed by atoms with Crippen LogP contribution in [0.15, 0.2) is 11.6 Å². The molecule has 0 spiro atoms. The zero-order chi connectivity index (χ0) is 10.9. The highest BCUT2D eigenvalue weighted by Crippen LogP contribution is 2.22. The Morgan fingerprint density at radius 2 is 2.13 bits per heavy atom. The first-order valence-corrected chi connectivity index (χ1v) is 5.29. The number of carbonyl (C=O) groups is 1. The molecule has 0 bridgehead atoms. The molecule has 0 saturated heterocycles. The molecule has 1 aliphatic rings. The predicted octanol–water partition coefficient (Wildman–Crippen LogP) is 1.76. The normalized spacial score (nSPS) is 15.6. The van der Waals surface area contributed by atoms with Crippen LogP contribution in [-0.2, 0) is 9.53 Å². The number of carbonyl (C=O) groups excluding carboxylic acids is 1. The summed E-state index contributed by atoms with van der Waals surface area (Å²) in [6, 6.07) is 0. The molecule has 0 aliphatic heterocycles. The first-order valence-electron chi connectivity index (χ1n) is 5.29. The van der Waals surface area contributed by atoms with Crippen LogP contribution >= 0.6 is 0 Å². The fraction of sp³-hybridized carbons (Fsp3) is 0.636. The molecule has 1 saturated carbocycles. The summed E-state index contributed by atoms with van der Waals surface area (Å²) in [4.78, 5) is 13.5. The van der Waals surface area contributed by atoms with Crippen molar-refractivity contribution in [1.82, 2.24) is 0 Å². The summed E-state index contributed by atoms with van der Waals surface area (Å²) >= 11 is 0. The number of hydrogen-bond donors (Lipinski definition) is 0. The maximum atomic E-state index is 10.8. The maximum Gasteiger partial charge on any atom is 0.325 e. The zero-order valence-electron chi connectivity index (χ0n) is 8.82. The van der Waals surface area contributed by atoms with Crippen molar-refractivity contribution < 1.29 is 14.3 Å². The Kier molecular flexibility index (Phi) is 5.59. The topological polar surface area (TPSA) is 62.7 Å². The minimum atomic E-state index is -0.320. The van der Waals surface area contributed by atoms with Gasteiger partial charge in [0.2, 0.25) is 0 Å². The molecule has 0 aromatic rings. The van der Waals surface area contributed by atoms with E-state index in [1.54, 1.807) is 0 Å². The molecule has 0 unspecified atom stereocenters. The number of ether oxygens (including phenoxy) is 1. The Morgan fingerprint density at radius 1 is 1.40 bits per heavy atom. The van der Waals surface area contributed by atoms with Crippen molar-refractivity contribution in [2.45, 2.75) is 32.1 Å². The summed E-state index contributed by atoms with van der Waals surface area (Å²) < 4.78 is 5.12. The van der Waals surface area contributed by atoms with Gasteiger partial charge in [0.15, 0.2) is 0 Å². The van der Waals surface area contributed by atoms with E-state index in [1.807, 2.05) is 0 Å². The summed E-state index contributed by atoms with van der Waals surface area (Å²) in [5, 5.41) is 0. The number of allylic oxidation sites excluding steroid dienone is 1. The van der Waals surface area contributed by atoms with E-state index >= 15 is 0 Å². The van der Waals surface area contributed by atoms with E-state index in [-0.39, 0.29) is 12.4 Å². The Morgan fingerprint density at radius 3 is 2.80 bits per heavy atom. The molecule has 1 fully saturated rings. The third-order valence-corrected chi connectivity index (χ3v) is 2.43. The molecule has 4 heteroatoms. The molecule has 0 N–H and O–H groups in total. The number of nitrogens with zero attached hydrogens (tertiary/aromatic N) is 2. The smallest absolute Gasteiger partial charge is 0.325 e. The fourth-order valence-corrected chi connectivity index (χ4v) is 1.65. The van der Waals surface area contributed by atoms with Gasteiger partial charge >= 0.3 is 6.21 Å². The zero-order valence-corrected chi connectivity index (χ0v) is 8.82.